The Kier molecular flexibility index (Phi) is 5.19. The minimum Gasteiger partial charge on any atom is -0.320 e. The summed E-state index contributed by atoms with van der Waals surface area (Å²) in [6.45, 7) is 15.1. The van der Waals surface area contributed by atoms with E-state index in [9.17, 15) is 4.79 Å². The molecule has 1 aromatic rings. The monoisotopic (exact) mass is 291 g/mol. The summed E-state index contributed by atoms with van der Waals surface area (Å²) >= 11 is 0. The molecule has 20 heavy (non-hydrogen) atoms. The van der Waals surface area contributed by atoms with Crippen molar-refractivity contribution in [2.45, 2.75) is 59.2 Å². The second kappa shape index (κ2) is 6.13. The third-order valence-electron chi connectivity index (χ3n) is 3.62. The van der Waals surface area contributed by atoms with E-state index in [1.165, 1.54) is 11.1 Å². The van der Waals surface area contributed by atoms with Crippen LogP contribution in [-0.2, 0) is 0 Å². The first-order chi connectivity index (χ1) is 9.07. The SMILES string of the molecule is CC(C)c1cccc(C(C)C)c1N(C)C(=O)[Si](C)(C)C. The minimum absolute atomic E-state index is 0.299. The van der Waals surface area contributed by atoms with E-state index in [-0.39, 0.29) is 0 Å². The molecule has 3 heteroatoms. The van der Waals surface area contributed by atoms with Crippen LogP contribution < -0.4 is 4.90 Å². The molecule has 112 valence electrons. The van der Waals surface area contributed by atoms with E-state index in [2.05, 4.69) is 65.5 Å². The van der Waals surface area contributed by atoms with Crippen molar-refractivity contribution in [3.05, 3.63) is 29.3 Å². The van der Waals surface area contributed by atoms with Gasteiger partial charge in [-0.2, -0.15) is 0 Å². The van der Waals surface area contributed by atoms with Crippen LogP contribution in [0.1, 0.15) is 50.7 Å². The fraction of sp³-hybridized carbons (Fsp3) is 0.588. The van der Waals surface area contributed by atoms with Gasteiger partial charge in [0.1, 0.15) is 0 Å². The summed E-state index contributed by atoms with van der Waals surface area (Å²) in [5.41, 5.74) is 3.97. The lowest BCUT2D eigenvalue weighted by Crippen LogP contribution is -2.44. The smallest absolute Gasteiger partial charge is 0.198 e. The first-order valence-electron chi connectivity index (χ1n) is 7.48. The van der Waals surface area contributed by atoms with Gasteiger partial charge >= 0.3 is 0 Å². The molecule has 0 N–H and O–H groups in total. The molecule has 0 saturated heterocycles. The second-order valence-corrected chi connectivity index (χ2v) is 12.1. The average Bonchev–Trinajstić information content (AvgIpc) is 2.34. The van der Waals surface area contributed by atoms with Crippen LogP contribution in [0.3, 0.4) is 0 Å². The predicted octanol–water partition coefficient (Wildman–Crippen LogP) is 5.41. The topological polar surface area (TPSA) is 20.3 Å². The van der Waals surface area contributed by atoms with Gasteiger partial charge in [-0.1, -0.05) is 65.5 Å². The highest BCUT2D eigenvalue weighted by Gasteiger charge is 2.30. The van der Waals surface area contributed by atoms with E-state index in [1.807, 2.05) is 11.9 Å². The maximum atomic E-state index is 12.7. The highest BCUT2D eigenvalue weighted by atomic mass is 28.3. The average molecular weight is 292 g/mol. The fourth-order valence-electron chi connectivity index (χ4n) is 2.50. The van der Waals surface area contributed by atoms with Crippen molar-refractivity contribution >= 4 is 19.3 Å². The first kappa shape index (κ1) is 17.0. The summed E-state index contributed by atoms with van der Waals surface area (Å²) in [6, 6.07) is 6.42. The predicted molar refractivity (Wildman–Crippen MR) is 91.8 cm³/mol. The van der Waals surface area contributed by atoms with Crippen molar-refractivity contribution in [3.63, 3.8) is 0 Å². The number of carbonyl (C=O) groups excluding carboxylic acids is 1. The van der Waals surface area contributed by atoms with E-state index in [0.717, 1.165) is 5.69 Å². The van der Waals surface area contributed by atoms with Gasteiger partial charge in [-0.3, -0.25) is 4.79 Å². The van der Waals surface area contributed by atoms with Gasteiger partial charge in [-0.15, -0.1) is 0 Å². The highest BCUT2D eigenvalue weighted by molar-refractivity contribution is 7.04. The van der Waals surface area contributed by atoms with E-state index >= 15 is 0 Å². The zero-order chi connectivity index (χ0) is 15.7. The Morgan fingerprint density at radius 3 is 1.70 bits per heavy atom. The Morgan fingerprint density at radius 1 is 1.00 bits per heavy atom. The highest BCUT2D eigenvalue weighted by Crippen LogP contribution is 2.35. The molecule has 0 saturated carbocycles. The molecule has 0 aliphatic heterocycles. The van der Waals surface area contributed by atoms with Crippen molar-refractivity contribution < 1.29 is 4.79 Å². The van der Waals surface area contributed by atoms with Crippen LogP contribution in [-0.4, -0.2) is 20.7 Å². The Hall–Kier alpha value is -1.09. The number of para-hydroxylation sites is 1. The van der Waals surface area contributed by atoms with Gasteiger partial charge in [-0.25, -0.2) is 0 Å². The lowest BCUT2D eigenvalue weighted by molar-refractivity contribution is 0.263. The van der Waals surface area contributed by atoms with Crippen molar-refractivity contribution in [2.75, 3.05) is 11.9 Å². The van der Waals surface area contributed by atoms with Crippen LogP contribution in [0.25, 0.3) is 0 Å². The molecular weight excluding hydrogens is 262 g/mol. The van der Waals surface area contributed by atoms with Crippen LogP contribution >= 0.6 is 0 Å². The summed E-state index contributed by atoms with van der Waals surface area (Å²) in [7, 11) is 0.103. The third-order valence-corrected chi connectivity index (χ3v) is 5.24. The Morgan fingerprint density at radius 2 is 1.40 bits per heavy atom. The molecule has 0 radical (unpaired) electrons. The quantitative estimate of drug-likeness (QED) is 0.679. The van der Waals surface area contributed by atoms with Gasteiger partial charge in [0, 0.05) is 12.7 Å². The van der Waals surface area contributed by atoms with E-state index in [1.54, 1.807) is 0 Å². The molecule has 0 fully saturated rings. The zero-order valence-electron chi connectivity index (χ0n) is 14.2. The van der Waals surface area contributed by atoms with Crippen LogP contribution in [0.2, 0.25) is 19.6 Å². The summed E-state index contributed by atoms with van der Waals surface area (Å²) < 4.78 is 0. The van der Waals surface area contributed by atoms with Crippen LogP contribution in [0, 0.1) is 0 Å². The molecular formula is C17H29NOSi. The van der Waals surface area contributed by atoms with E-state index in [4.69, 9.17) is 0 Å². The van der Waals surface area contributed by atoms with Gasteiger partial charge in [0.2, 0.25) is 0 Å². The number of carbonyl (C=O) groups is 1. The molecule has 0 aromatic heterocycles. The summed E-state index contributed by atoms with van der Waals surface area (Å²) in [6.07, 6.45) is 0. The molecule has 2 nitrogen and oxygen atoms in total. The molecule has 1 rings (SSSR count). The fourth-order valence-corrected chi connectivity index (χ4v) is 3.62. The third kappa shape index (κ3) is 3.51. The van der Waals surface area contributed by atoms with Gasteiger partial charge < -0.3 is 4.90 Å². The number of hydrogen-bond donors (Lipinski definition) is 0. The lowest BCUT2D eigenvalue weighted by atomic mass is 9.92. The first-order valence-corrected chi connectivity index (χ1v) is 11.0. The zero-order valence-corrected chi connectivity index (χ0v) is 15.2. The van der Waals surface area contributed by atoms with Crippen LogP contribution in [0.4, 0.5) is 10.5 Å². The van der Waals surface area contributed by atoms with Gasteiger partial charge in [0.15, 0.2) is 13.6 Å². The summed E-state index contributed by atoms with van der Waals surface area (Å²) in [4.78, 5) is 14.6. The molecule has 0 atom stereocenters. The standard InChI is InChI=1S/C17H29NOSi/c1-12(2)14-10-9-11-15(13(3)4)16(14)18(5)17(19)20(6,7)8/h9-13H,1-8H3. The van der Waals surface area contributed by atoms with Crippen molar-refractivity contribution in [1.82, 2.24) is 0 Å². The Balaban J connectivity index is 3.44. The minimum atomic E-state index is -1.83. The number of amides is 1. The Labute approximate surface area is 125 Å². The van der Waals surface area contributed by atoms with Crippen molar-refractivity contribution in [3.8, 4) is 0 Å². The van der Waals surface area contributed by atoms with Gasteiger partial charge in [-0.05, 0) is 23.0 Å². The summed E-state index contributed by atoms with van der Waals surface area (Å²) in [5, 5.41) is 0. The van der Waals surface area contributed by atoms with E-state index < -0.39 is 8.07 Å². The molecule has 0 aliphatic rings. The van der Waals surface area contributed by atoms with Gasteiger partial charge in [0.25, 0.3) is 0 Å². The number of benzene rings is 1. The van der Waals surface area contributed by atoms with Crippen molar-refractivity contribution in [2.24, 2.45) is 0 Å². The Bertz CT molecular complexity index is 460. The molecule has 0 aliphatic carbocycles. The number of rotatable bonds is 4. The number of anilines is 1. The number of hydrogen-bond acceptors (Lipinski definition) is 1. The molecule has 0 unspecified atom stereocenters. The largest absolute Gasteiger partial charge is 0.320 e. The normalized spacial score (nSPS) is 12.1. The molecule has 0 heterocycles. The molecule has 0 spiro atoms. The van der Waals surface area contributed by atoms with Crippen molar-refractivity contribution in [1.29, 1.82) is 0 Å². The molecule has 1 aromatic carbocycles. The van der Waals surface area contributed by atoms with Gasteiger partial charge in [0.05, 0.1) is 0 Å². The van der Waals surface area contributed by atoms with E-state index in [0.29, 0.717) is 17.4 Å². The number of nitrogens with zero attached hydrogens (tertiary/aromatic N) is 1. The molecule has 0 bridgehead atoms. The van der Waals surface area contributed by atoms with Crippen LogP contribution in [0.15, 0.2) is 18.2 Å². The molecule has 1 amide bonds. The van der Waals surface area contributed by atoms with Crippen LogP contribution in [0.5, 0.6) is 0 Å². The maximum absolute atomic E-state index is 12.7. The summed E-state index contributed by atoms with van der Waals surface area (Å²) in [5.74, 6) is 0.834. The maximum Gasteiger partial charge on any atom is 0.198 e. The lowest BCUT2D eigenvalue weighted by Gasteiger charge is -2.31. The second-order valence-electron chi connectivity index (χ2n) is 7.21.